The lowest BCUT2D eigenvalue weighted by molar-refractivity contribution is 0.568. The van der Waals surface area contributed by atoms with Gasteiger partial charge in [0.25, 0.3) is 0 Å². The average Bonchev–Trinajstić information content (AvgIpc) is 2.99. The number of hydrogen-bond donors (Lipinski definition) is 2. The van der Waals surface area contributed by atoms with Crippen LogP contribution in [0.1, 0.15) is 22.3 Å². The summed E-state index contributed by atoms with van der Waals surface area (Å²) in [7, 11) is 0. The van der Waals surface area contributed by atoms with Gasteiger partial charge in [0.05, 0.1) is 12.0 Å². The van der Waals surface area contributed by atoms with Crippen molar-refractivity contribution in [3.8, 4) is 0 Å². The standard InChI is InChI=1S/C32H23N5/c1-4-11-22(12-5-1)30-35-31(23-13-6-2-7-14-23)37-32(36-30,24-15-8-3-9-16-24)26-19-20-28-29-25(26)17-10-18-27(29)33-21-34-28/h1-21H,(H,33,34)(H,35,36,37). The second-order valence-electron chi connectivity index (χ2n) is 9.08. The van der Waals surface area contributed by atoms with Crippen molar-refractivity contribution in [3.05, 3.63) is 144 Å². The Morgan fingerprint density at radius 1 is 0.568 bits per heavy atom. The maximum absolute atomic E-state index is 5.41. The third-order valence-electron chi connectivity index (χ3n) is 6.87. The van der Waals surface area contributed by atoms with Crippen LogP contribution in [-0.4, -0.2) is 18.0 Å². The van der Waals surface area contributed by atoms with E-state index in [4.69, 9.17) is 9.98 Å². The Bertz CT molecular complexity index is 1650. The zero-order valence-corrected chi connectivity index (χ0v) is 20.0. The fraction of sp³-hybridized carbons (Fsp3) is 0.0312. The van der Waals surface area contributed by atoms with Crippen LogP contribution in [0.2, 0.25) is 0 Å². The Morgan fingerprint density at radius 3 is 1.84 bits per heavy atom. The largest absolute Gasteiger partial charge is 0.346 e. The molecule has 0 saturated heterocycles. The quantitative estimate of drug-likeness (QED) is 0.305. The van der Waals surface area contributed by atoms with Gasteiger partial charge in [-0.15, -0.1) is 0 Å². The molecule has 0 unspecified atom stereocenters. The fourth-order valence-electron chi connectivity index (χ4n) is 5.15. The first-order valence-electron chi connectivity index (χ1n) is 12.3. The zero-order chi connectivity index (χ0) is 24.7. The third-order valence-corrected chi connectivity index (χ3v) is 6.87. The van der Waals surface area contributed by atoms with Gasteiger partial charge in [0.2, 0.25) is 5.66 Å². The van der Waals surface area contributed by atoms with E-state index in [1.54, 1.807) is 6.34 Å². The fourth-order valence-corrected chi connectivity index (χ4v) is 5.15. The first-order chi connectivity index (χ1) is 18.3. The number of amidine groups is 2. The molecule has 0 aromatic heterocycles. The van der Waals surface area contributed by atoms with Gasteiger partial charge in [-0.2, -0.15) is 0 Å². The Kier molecular flexibility index (Phi) is 4.93. The van der Waals surface area contributed by atoms with Gasteiger partial charge < -0.3 is 10.6 Å². The molecule has 5 aromatic rings. The van der Waals surface area contributed by atoms with E-state index in [1.807, 2.05) is 54.6 Å². The van der Waals surface area contributed by atoms with Gasteiger partial charge in [-0.25, -0.2) is 15.0 Å². The normalized spacial score (nSPS) is 15.4. The number of nitrogens with one attached hydrogen (secondary N) is 2. The Labute approximate surface area is 215 Å². The van der Waals surface area contributed by atoms with Crippen molar-refractivity contribution in [2.45, 2.75) is 5.66 Å². The first kappa shape index (κ1) is 21.3. The lowest BCUT2D eigenvalue weighted by Crippen LogP contribution is -2.42. The second-order valence-corrected chi connectivity index (χ2v) is 9.08. The van der Waals surface area contributed by atoms with Crippen LogP contribution >= 0.6 is 0 Å². The van der Waals surface area contributed by atoms with Crippen LogP contribution in [0, 0.1) is 0 Å². The summed E-state index contributed by atoms with van der Waals surface area (Å²) >= 11 is 0. The molecule has 0 amide bonds. The number of benzene rings is 5. The Morgan fingerprint density at radius 2 is 1.19 bits per heavy atom. The Hall–Kier alpha value is -5.03. The molecule has 0 spiro atoms. The lowest BCUT2D eigenvalue weighted by Gasteiger charge is -2.34. The van der Waals surface area contributed by atoms with Crippen LogP contribution in [0.4, 0.5) is 11.4 Å². The number of aliphatic imine (C=N–C) groups is 3. The maximum Gasteiger partial charge on any atom is 0.206 e. The highest BCUT2D eigenvalue weighted by Crippen LogP contribution is 2.45. The smallest absolute Gasteiger partial charge is 0.206 e. The summed E-state index contributed by atoms with van der Waals surface area (Å²) < 4.78 is 0. The van der Waals surface area contributed by atoms with Crippen LogP contribution in [0.5, 0.6) is 0 Å². The molecular formula is C32H23N5. The number of hydrogen-bond acceptors (Lipinski definition) is 5. The van der Waals surface area contributed by atoms with E-state index in [-0.39, 0.29) is 0 Å². The van der Waals surface area contributed by atoms with Gasteiger partial charge in [0.15, 0.2) is 0 Å². The minimum Gasteiger partial charge on any atom is -0.346 e. The molecule has 0 atom stereocenters. The molecule has 2 aliphatic rings. The molecule has 176 valence electrons. The highest BCUT2D eigenvalue weighted by Gasteiger charge is 2.39. The molecule has 0 saturated carbocycles. The third kappa shape index (κ3) is 3.52. The minimum absolute atomic E-state index is 0.773. The molecule has 0 aliphatic carbocycles. The van der Waals surface area contributed by atoms with Crippen LogP contribution in [0.3, 0.4) is 0 Å². The van der Waals surface area contributed by atoms with Crippen LogP contribution in [0.25, 0.3) is 10.8 Å². The first-order valence-corrected chi connectivity index (χ1v) is 12.3. The SMILES string of the molecule is C1=Nc2ccc(C3(c4ccccc4)N=C(c4ccccc4)NC(c4ccccc4)=N3)c3cccc(c23)N1. The van der Waals surface area contributed by atoms with Gasteiger partial charge in [-0.1, -0.05) is 109 Å². The number of nitrogens with zero attached hydrogens (tertiary/aromatic N) is 3. The predicted octanol–water partition coefficient (Wildman–Crippen LogP) is 6.62. The molecule has 0 fully saturated rings. The van der Waals surface area contributed by atoms with Crippen molar-refractivity contribution in [3.63, 3.8) is 0 Å². The molecule has 5 heteroatoms. The molecule has 0 bridgehead atoms. The van der Waals surface area contributed by atoms with Crippen molar-refractivity contribution in [2.24, 2.45) is 15.0 Å². The van der Waals surface area contributed by atoms with Gasteiger partial charge in [-0.3, -0.25) is 0 Å². The van der Waals surface area contributed by atoms with E-state index < -0.39 is 5.66 Å². The van der Waals surface area contributed by atoms with Gasteiger partial charge in [-0.05, 0) is 17.5 Å². The summed E-state index contributed by atoms with van der Waals surface area (Å²) in [6, 6.07) is 41.3. The number of rotatable bonds is 4. The number of anilines is 1. The molecule has 2 heterocycles. The van der Waals surface area contributed by atoms with Crippen molar-refractivity contribution < 1.29 is 0 Å². The van der Waals surface area contributed by atoms with Crippen molar-refractivity contribution in [1.82, 2.24) is 5.32 Å². The summed E-state index contributed by atoms with van der Waals surface area (Å²) in [5.74, 6) is 1.55. The monoisotopic (exact) mass is 477 g/mol. The summed E-state index contributed by atoms with van der Waals surface area (Å²) in [6.07, 6.45) is 1.74. The van der Waals surface area contributed by atoms with Gasteiger partial charge in [0, 0.05) is 33.3 Å². The molecule has 2 aliphatic heterocycles. The van der Waals surface area contributed by atoms with E-state index in [0.29, 0.717) is 0 Å². The Balaban J connectivity index is 1.59. The summed E-state index contributed by atoms with van der Waals surface area (Å²) in [5, 5.41) is 8.98. The average molecular weight is 478 g/mol. The summed E-state index contributed by atoms with van der Waals surface area (Å²) in [6.45, 7) is 0. The topological polar surface area (TPSA) is 61.1 Å². The molecule has 7 rings (SSSR count). The summed E-state index contributed by atoms with van der Waals surface area (Å²) in [4.78, 5) is 15.4. The van der Waals surface area contributed by atoms with Crippen LogP contribution in [-0.2, 0) is 5.66 Å². The highest BCUT2D eigenvalue weighted by atomic mass is 15.2. The van der Waals surface area contributed by atoms with E-state index in [1.165, 1.54) is 0 Å². The second kappa shape index (κ2) is 8.57. The van der Waals surface area contributed by atoms with E-state index in [9.17, 15) is 0 Å². The highest BCUT2D eigenvalue weighted by molar-refractivity contribution is 6.17. The summed E-state index contributed by atoms with van der Waals surface area (Å²) in [5.41, 5.74) is 4.94. The van der Waals surface area contributed by atoms with Crippen molar-refractivity contribution in [1.29, 1.82) is 0 Å². The lowest BCUT2D eigenvalue weighted by atomic mass is 9.86. The maximum atomic E-state index is 5.41. The van der Waals surface area contributed by atoms with Gasteiger partial charge in [0.1, 0.15) is 11.7 Å². The van der Waals surface area contributed by atoms with Crippen molar-refractivity contribution >= 4 is 40.2 Å². The van der Waals surface area contributed by atoms with Crippen molar-refractivity contribution in [2.75, 3.05) is 5.32 Å². The molecule has 37 heavy (non-hydrogen) atoms. The molecule has 5 aromatic carbocycles. The molecule has 2 N–H and O–H groups in total. The van der Waals surface area contributed by atoms with E-state index in [2.05, 4.69) is 82.4 Å². The van der Waals surface area contributed by atoms with E-state index >= 15 is 0 Å². The molecule has 0 radical (unpaired) electrons. The van der Waals surface area contributed by atoms with Crippen LogP contribution < -0.4 is 10.6 Å². The zero-order valence-electron chi connectivity index (χ0n) is 20.0. The van der Waals surface area contributed by atoms with E-state index in [0.717, 1.165) is 56.1 Å². The van der Waals surface area contributed by atoms with Gasteiger partial charge >= 0.3 is 0 Å². The predicted molar refractivity (Wildman–Crippen MR) is 152 cm³/mol. The molecular weight excluding hydrogens is 454 g/mol. The molecule has 5 nitrogen and oxygen atoms in total. The minimum atomic E-state index is -1.01. The van der Waals surface area contributed by atoms with Crippen LogP contribution in [0.15, 0.2) is 136 Å².